The molecule has 0 saturated heterocycles. The predicted octanol–water partition coefficient (Wildman–Crippen LogP) is 1.57. The van der Waals surface area contributed by atoms with Gasteiger partial charge in [-0.3, -0.25) is 4.79 Å². The van der Waals surface area contributed by atoms with Crippen LogP contribution in [0.1, 0.15) is 0 Å². The highest BCUT2D eigenvalue weighted by Gasteiger charge is 1.38. The molecule has 3 heteroatoms. The van der Waals surface area contributed by atoms with Crippen molar-refractivity contribution in [2.24, 2.45) is 0 Å². The highest BCUT2D eigenvalue weighted by molar-refractivity contribution is 14.0. The van der Waals surface area contributed by atoms with E-state index in [9.17, 15) is 0 Å². The number of aldehydes is 1. The second-order valence-corrected chi connectivity index (χ2v) is 0.372. The zero-order valence-electron chi connectivity index (χ0n) is 3.09. The maximum absolute atomic E-state index is 9.06. The van der Waals surface area contributed by atoms with Crippen LogP contribution < -0.4 is 0 Å². The number of carbonyl (C=O) groups is 1. The number of halogens is 2. The van der Waals surface area contributed by atoms with E-state index >= 15 is 0 Å². The van der Waals surface area contributed by atoms with Gasteiger partial charge in [0.2, 0.25) is 0 Å². The summed E-state index contributed by atoms with van der Waals surface area (Å²) >= 11 is 0. The molecule has 0 saturated carbocycles. The summed E-state index contributed by atoms with van der Waals surface area (Å²) in [5.41, 5.74) is 0. The molecule has 0 aromatic heterocycles. The van der Waals surface area contributed by atoms with E-state index in [0.29, 0.717) is 6.29 Å². The fourth-order valence-electron chi connectivity index (χ4n) is 0. The Bertz CT molecular complexity index is 31.8. The molecule has 0 fully saturated rings. The van der Waals surface area contributed by atoms with Crippen molar-refractivity contribution >= 4 is 47.2 Å². The van der Waals surface area contributed by atoms with Gasteiger partial charge in [0, 0.05) is 0 Å². The van der Waals surface area contributed by atoms with Crippen LogP contribution in [-0.2, 0) is 4.79 Å². The maximum Gasteiger partial charge on any atom is 0.142 e. The van der Waals surface area contributed by atoms with Crippen LogP contribution in [0.4, 0.5) is 0 Å². The summed E-state index contributed by atoms with van der Waals surface area (Å²) in [6.07, 6.45) is 1.83. The van der Waals surface area contributed by atoms with Crippen molar-refractivity contribution in [1.82, 2.24) is 0 Å². The van der Waals surface area contributed by atoms with Crippen LogP contribution in [0.2, 0.25) is 0 Å². The minimum Gasteiger partial charge on any atom is -0.299 e. The zero-order chi connectivity index (χ0) is 3.41. The molecule has 0 rings (SSSR count). The van der Waals surface area contributed by atoms with E-state index in [0.717, 1.165) is 0 Å². The lowest BCUT2D eigenvalue weighted by molar-refractivity contribution is -0.104. The van der Waals surface area contributed by atoms with Gasteiger partial charge in [-0.1, -0.05) is 6.58 Å². The molecule has 0 N–H and O–H groups in total. The standard InChI is InChI=1S/C3H4O.BrH.HI/c1-2-3-4;;/h2-3H,1H2;2*1H. The van der Waals surface area contributed by atoms with Crippen LogP contribution in [-0.4, -0.2) is 6.29 Å². The molecule has 0 atom stereocenters. The lowest BCUT2D eigenvalue weighted by Crippen LogP contribution is -1.44. The van der Waals surface area contributed by atoms with Crippen molar-refractivity contribution in [2.75, 3.05) is 0 Å². The SMILES string of the molecule is Br.C=CC=O.I. The lowest BCUT2D eigenvalue weighted by atomic mass is 10.8. The average molecular weight is 265 g/mol. The van der Waals surface area contributed by atoms with Crippen molar-refractivity contribution in [1.29, 1.82) is 0 Å². The topological polar surface area (TPSA) is 17.1 Å². The smallest absolute Gasteiger partial charge is 0.142 e. The van der Waals surface area contributed by atoms with Gasteiger partial charge >= 0.3 is 0 Å². The summed E-state index contributed by atoms with van der Waals surface area (Å²) in [7, 11) is 0. The second-order valence-electron chi connectivity index (χ2n) is 0.372. The Labute approximate surface area is 64.6 Å². The Kier molecular flexibility index (Phi) is 46.5. The normalized spacial score (nSPS) is 3.33. The molecule has 0 unspecified atom stereocenters. The Hall–Kier alpha value is 0.620. The summed E-state index contributed by atoms with van der Waals surface area (Å²) in [4.78, 5) is 9.06. The van der Waals surface area contributed by atoms with Gasteiger partial charge in [0.05, 0.1) is 0 Å². The Morgan fingerprint density at radius 3 is 1.67 bits per heavy atom. The molecule has 1 nitrogen and oxygen atoms in total. The molecule has 0 aliphatic carbocycles. The minimum absolute atomic E-state index is 0. The Morgan fingerprint density at radius 2 is 1.67 bits per heavy atom. The highest BCUT2D eigenvalue weighted by Crippen LogP contribution is 1.35. The van der Waals surface area contributed by atoms with E-state index in [4.69, 9.17) is 4.79 Å². The Balaban J connectivity index is -0.0000000450. The molecule has 6 heavy (non-hydrogen) atoms. The summed E-state index contributed by atoms with van der Waals surface area (Å²) in [6.45, 7) is 3.11. The van der Waals surface area contributed by atoms with E-state index in [1.54, 1.807) is 0 Å². The van der Waals surface area contributed by atoms with Gasteiger partial charge in [0.1, 0.15) is 6.29 Å². The molecule has 0 heterocycles. The number of hydrogen-bond donors (Lipinski definition) is 0. The van der Waals surface area contributed by atoms with E-state index in [-0.39, 0.29) is 41.0 Å². The third-order valence-corrected chi connectivity index (χ3v) is 0.0962. The summed E-state index contributed by atoms with van der Waals surface area (Å²) in [6, 6.07) is 0. The largest absolute Gasteiger partial charge is 0.299 e. The van der Waals surface area contributed by atoms with Crippen LogP contribution >= 0.6 is 41.0 Å². The van der Waals surface area contributed by atoms with Crippen molar-refractivity contribution in [3.05, 3.63) is 12.7 Å². The predicted molar refractivity (Wildman–Crippen MR) is 42.0 cm³/mol. The first kappa shape index (κ1) is 16.0. The first-order chi connectivity index (χ1) is 1.91. The van der Waals surface area contributed by atoms with Crippen molar-refractivity contribution in [3.8, 4) is 0 Å². The lowest BCUT2D eigenvalue weighted by Gasteiger charge is -1.37. The molecule has 0 aliphatic rings. The van der Waals surface area contributed by atoms with Crippen molar-refractivity contribution < 1.29 is 4.79 Å². The van der Waals surface area contributed by atoms with E-state index in [1.807, 2.05) is 0 Å². The van der Waals surface area contributed by atoms with Gasteiger partial charge in [0.25, 0.3) is 0 Å². The summed E-state index contributed by atoms with van der Waals surface area (Å²) in [5, 5.41) is 0. The minimum atomic E-state index is 0. The monoisotopic (exact) mass is 264 g/mol. The van der Waals surface area contributed by atoms with Gasteiger partial charge in [-0.2, -0.15) is 0 Å². The van der Waals surface area contributed by atoms with Crippen LogP contribution in [0.25, 0.3) is 0 Å². The summed E-state index contributed by atoms with van der Waals surface area (Å²) < 4.78 is 0. The quantitative estimate of drug-likeness (QED) is 0.399. The van der Waals surface area contributed by atoms with Gasteiger partial charge < -0.3 is 0 Å². The molecule has 0 aromatic rings. The van der Waals surface area contributed by atoms with Crippen molar-refractivity contribution in [3.63, 3.8) is 0 Å². The number of rotatable bonds is 1. The molecule has 0 aromatic carbocycles. The highest BCUT2D eigenvalue weighted by atomic mass is 127. The van der Waals surface area contributed by atoms with Crippen LogP contribution in [0, 0.1) is 0 Å². The molecule has 0 radical (unpaired) electrons. The van der Waals surface area contributed by atoms with E-state index in [2.05, 4.69) is 6.58 Å². The van der Waals surface area contributed by atoms with Crippen LogP contribution in [0.15, 0.2) is 12.7 Å². The fourth-order valence-corrected chi connectivity index (χ4v) is 0. The van der Waals surface area contributed by atoms with E-state index in [1.165, 1.54) is 6.08 Å². The first-order valence-corrected chi connectivity index (χ1v) is 0.977. The molecule has 0 bridgehead atoms. The number of hydrogen-bond acceptors (Lipinski definition) is 1. The first-order valence-electron chi connectivity index (χ1n) is 0.977. The van der Waals surface area contributed by atoms with Crippen LogP contribution in [0.3, 0.4) is 0 Å². The Morgan fingerprint density at radius 1 is 1.50 bits per heavy atom. The van der Waals surface area contributed by atoms with Crippen LogP contribution in [0.5, 0.6) is 0 Å². The van der Waals surface area contributed by atoms with Gasteiger partial charge in [-0.05, 0) is 6.08 Å². The zero-order valence-corrected chi connectivity index (χ0v) is 7.13. The molecular formula is C3H6BrIO. The third kappa shape index (κ3) is 23.1. The molecule has 0 amide bonds. The van der Waals surface area contributed by atoms with E-state index < -0.39 is 0 Å². The van der Waals surface area contributed by atoms with Crippen molar-refractivity contribution in [2.45, 2.75) is 0 Å². The molecule has 0 spiro atoms. The van der Waals surface area contributed by atoms with Gasteiger partial charge in [-0.25, -0.2) is 0 Å². The molecule has 38 valence electrons. The summed E-state index contributed by atoms with van der Waals surface area (Å²) in [5.74, 6) is 0. The maximum atomic E-state index is 9.06. The van der Waals surface area contributed by atoms with Gasteiger partial charge in [0.15, 0.2) is 0 Å². The molecule has 0 aliphatic heterocycles. The van der Waals surface area contributed by atoms with Gasteiger partial charge in [-0.15, -0.1) is 41.0 Å². The fraction of sp³-hybridized carbons (Fsp3) is 0. The molecular weight excluding hydrogens is 259 g/mol. The second kappa shape index (κ2) is 17.5. The number of carbonyl (C=O) groups excluding carboxylic acids is 1. The third-order valence-electron chi connectivity index (χ3n) is 0.0962. The number of allylic oxidation sites excluding steroid dienone is 1. The average Bonchev–Trinajstić information content (AvgIpc) is 1.37.